The Balaban J connectivity index is 1.69. The van der Waals surface area contributed by atoms with Crippen LogP contribution >= 0.6 is 0 Å². The summed E-state index contributed by atoms with van der Waals surface area (Å²) in [6, 6.07) is 12.8. The predicted molar refractivity (Wildman–Crippen MR) is 88.1 cm³/mol. The molecule has 3 rings (SSSR count). The van der Waals surface area contributed by atoms with Crippen molar-refractivity contribution in [3.8, 4) is 11.3 Å². The molecular weight excluding hydrogens is 333 g/mol. The average Bonchev–Trinajstić information content (AvgIpc) is 3.03. The molecule has 0 bridgehead atoms. The van der Waals surface area contributed by atoms with Crippen molar-refractivity contribution in [3.05, 3.63) is 66.4 Å². The van der Waals surface area contributed by atoms with Crippen LogP contribution in [0.1, 0.15) is 5.56 Å². The Morgan fingerprint density at radius 3 is 2.28 bits per heavy atom. The summed E-state index contributed by atoms with van der Waals surface area (Å²) in [5, 5.41) is 11.9. The third-order valence-electron chi connectivity index (χ3n) is 3.41. The number of nitrogens with one attached hydrogen (secondary N) is 3. The molecule has 1 aromatic heterocycles. The van der Waals surface area contributed by atoms with Gasteiger partial charge in [-0.2, -0.15) is 18.3 Å². The topological polar surface area (TPSA) is 69.8 Å². The van der Waals surface area contributed by atoms with Gasteiger partial charge in [0, 0.05) is 17.4 Å². The van der Waals surface area contributed by atoms with Crippen molar-refractivity contribution in [3.63, 3.8) is 0 Å². The zero-order chi connectivity index (χ0) is 17.9. The van der Waals surface area contributed by atoms with Crippen molar-refractivity contribution < 1.29 is 18.0 Å². The lowest BCUT2D eigenvalue weighted by Gasteiger charge is -2.10. The van der Waals surface area contributed by atoms with E-state index < -0.39 is 17.8 Å². The summed E-state index contributed by atoms with van der Waals surface area (Å²) >= 11 is 0. The van der Waals surface area contributed by atoms with Gasteiger partial charge in [0.05, 0.1) is 11.3 Å². The van der Waals surface area contributed by atoms with E-state index in [1.807, 2.05) is 30.3 Å². The maximum atomic E-state index is 12.5. The van der Waals surface area contributed by atoms with E-state index in [1.54, 1.807) is 0 Å². The van der Waals surface area contributed by atoms with E-state index in [4.69, 9.17) is 0 Å². The number of halogens is 3. The number of nitrogens with zero attached hydrogens (tertiary/aromatic N) is 1. The Morgan fingerprint density at radius 1 is 0.960 bits per heavy atom. The molecule has 1 heterocycles. The number of hydrogen-bond donors (Lipinski definition) is 3. The van der Waals surface area contributed by atoms with Crippen LogP contribution in [-0.4, -0.2) is 16.2 Å². The number of aromatic nitrogens is 2. The number of anilines is 2. The molecule has 5 nitrogen and oxygen atoms in total. The molecule has 8 heteroatoms. The van der Waals surface area contributed by atoms with E-state index in [-0.39, 0.29) is 5.69 Å². The maximum absolute atomic E-state index is 12.5. The van der Waals surface area contributed by atoms with Gasteiger partial charge in [0.25, 0.3) is 0 Å². The number of H-pyrrole nitrogens is 1. The smallest absolute Gasteiger partial charge is 0.308 e. The number of rotatable bonds is 3. The number of carbonyl (C=O) groups excluding carboxylic acids is 1. The Labute approximate surface area is 140 Å². The minimum Gasteiger partial charge on any atom is -0.308 e. The fourth-order valence-corrected chi connectivity index (χ4v) is 2.23. The lowest BCUT2D eigenvalue weighted by atomic mass is 10.1. The van der Waals surface area contributed by atoms with E-state index >= 15 is 0 Å². The zero-order valence-electron chi connectivity index (χ0n) is 12.8. The first-order valence-corrected chi connectivity index (χ1v) is 7.28. The van der Waals surface area contributed by atoms with E-state index in [0.29, 0.717) is 11.4 Å². The van der Waals surface area contributed by atoms with E-state index in [2.05, 4.69) is 20.8 Å². The number of benzene rings is 2. The number of hydrogen-bond acceptors (Lipinski definition) is 2. The highest BCUT2D eigenvalue weighted by molar-refractivity contribution is 6.01. The maximum Gasteiger partial charge on any atom is 0.416 e. The van der Waals surface area contributed by atoms with Crippen molar-refractivity contribution in [1.29, 1.82) is 0 Å². The predicted octanol–water partition coefficient (Wildman–Crippen LogP) is 4.74. The van der Waals surface area contributed by atoms with Gasteiger partial charge in [-0.05, 0) is 24.3 Å². The molecule has 0 radical (unpaired) electrons. The van der Waals surface area contributed by atoms with Gasteiger partial charge in [0.2, 0.25) is 0 Å². The second kappa shape index (κ2) is 6.68. The van der Waals surface area contributed by atoms with Gasteiger partial charge < -0.3 is 10.6 Å². The van der Waals surface area contributed by atoms with Crippen LogP contribution in [0, 0.1) is 0 Å². The molecule has 0 aliphatic rings. The van der Waals surface area contributed by atoms with Gasteiger partial charge in [-0.15, -0.1) is 0 Å². The lowest BCUT2D eigenvalue weighted by Crippen LogP contribution is -2.19. The number of aromatic amines is 1. The summed E-state index contributed by atoms with van der Waals surface area (Å²) in [6.45, 7) is 0. The minimum absolute atomic E-state index is 0.246. The van der Waals surface area contributed by atoms with Gasteiger partial charge >= 0.3 is 12.2 Å². The first-order valence-electron chi connectivity index (χ1n) is 7.28. The highest BCUT2D eigenvalue weighted by Crippen LogP contribution is 2.30. The second-order valence-electron chi connectivity index (χ2n) is 5.17. The summed E-state index contributed by atoms with van der Waals surface area (Å²) in [4.78, 5) is 12.1. The molecule has 0 unspecified atom stereocenters. The van der Waals surface area contributed by atoms with Crippen LogP contribution in [0.4, 0.5) is 29.3 Å². The van der Waals surface area contributed by atoms with E-state index in [0.717, 1.165) is 17.7 Å². The molecule has 3 aromatic rings. The first-order chi connectivity index (χ1) is 11.9. The molecule has 2 amide bonds. The van der Waals surface area contributed by atoms with Gasteiger partial charge in [-0.1, -0.05) is 30.3 Å². The summed E-state index contributed by atoms with van der Waals surface area (Å²) < 4.78 is 37.6. The van der Waals surface area contributed by atoms with Gasteiger partial charge in [-0.3, -0.25) is 5.10 Å². The van der Waals surface area contributed by atoms with E-state index in [1.165, 1.54) is 18.3 Å². The average molecular weight is 346 g/mol. The van der Waals surface area contributed by atoms with Crippen LogP contribution < -0.4 is 10.6 Å². The summed E-state index contributed by atoms with van der Waals surface area (Å²) in [6.07, 6.45) is -2.89. The van der Waals surface area contributed by atoms with Gasteiger partial charge in [0.1, 0.15) is 5.69 Å². The summed E-state index contributed by atoms with van der Waals surface area (Å²) in [7, 11) is 0. The Kier molecular flexibility index (Phi) is 4.42. The molecule has 0 saturated carbocycles. The van der Waals surface area contributed by atoms with Crippen LogP contribution in [0.25, 0.3) is 11.3 Å². The molecule has 0 aliphatic carbocycles. The molecule has 0 atom stereocenters. The van der Waals surface area contributed by atoms with Gasteiger partial charge in [-0.25, -0.2) is 4.79 Å². The van der Waals surface area contributed by atoms with Crippen LogP contribution in [0.15, 0.2) is 60.8 Å². The van der Waals surface area contributed by atoms with Crippen molar-refractivity contribution in [1.82, 2.24) is 10.2 Å². The lowest BCUT2D eigenvalue weighted by molar-refractivity contribution is -0.137. The minimum atomic E-state index is -4.41. The number of carbonyl (C=O) groups is 1. The standard InChI is InChI=1S/C17H13F3N4O/c18-17(19,20)12-6-8-13(9-7-12)22-16(25)23-14-10-21-24-15(14)11-4-2-1-3-5-11/h1-10H,(H,21,24)(H2,22,23,25). The zero-order valence-corrected chi connectivity index (χ0v) is 12.8. The van der Waals surface area contributed by atoms with Crippen molar-refractivity contribution in [2.75, 3.05) is 10.6 Å². The third-order valence-corrected chi connectivity index (χ3v) is 3.41. The fraction of sp³-hybridized carbons (Fsp3) is 0.0588. The molecule has 3 N–H and O–H groups in total. The first kappa shape index (κ1) is 16.6. The molecule has 128 valence electrons. The van der Waals surface area contributed by atoms with Crippen molar-refractivity contribution in [2.45, 2.75) is 6.18 Å². The third kappa shape index (κ3) is 3.97. The van der Waals surface area contributed by atoms with Crippen LogP contribution in [-0.2, 0) is 6.18 Å². The van der Waals surface area contributed by atoms with Crippen LogP contribution in [0.5, 0.6) is 0 Å². The monoisotopic (exact) mass is 346 g/mol. The van der Waals surface area contributed by atoms with Crippen molar-refractivity contribution in [2.24, 2.45) is 0 Å². The number of amides is 2. The quantitative estimate of drug-likeness (QED) is 0.641. The molecule has 0 spiro atoms. The molecule has 0 fully saturated rings. The Hall–Kier alpha value is -3.29. The normalized spacial score (nSPS) is 11.2. The van der Waals surface area contributed by atoms with Crippen LogP contribution in [0.3, 0.4) is 0 Å². The molecule has 0 aliphatic heterocycles. The highest BCUT2D eigenvalue weighted by atomic mass is 19.4. The molecule has 0 saturated heterocycles. The Morgan fingerprint density at radius 2 is 1.64 bits per heavy atom. The molecule has 2 aromatic carbocycles. The van der Waals surface area contributed by atoms with Gasteiger partial charge in [0.15, 0.2) is 0 Å². The number of urea groups is 1. The molecule has 25 heavy (non-hydrogen) atoms. The second-order valence-corrected chi connectivity index (χ2v) is 5.17. The SMILES string of the molecule is O=C(Nc1ccc(C(F)(F)F)cc1)Nc1c[nH]nc1-c1ccccc1. The fourth-order valence-electron chi connectivity index (χ4n) is 2.23. The summed E-state index contributed by atoms with van der Waals surface area (Å²) in [5.74, 6) is 0. The van der Waals surface area contributed by atoms with E-state index in [9.17, 15) is 18.0 Å². The number of alkyl halides is 3. The largest absolute Gasteiger partial charge is 0.416 e. The van der Waals surface area contributed by atoms with Crippen LogP contribution in [0.2, 0.25) is 0 Å². The van der Waals surface area contributed by atoms with Crippen molar-refractivity contribution >= 4 is 17.4 Å². The Bertz CT molecular complexity index is 858. The highest BCUT2D eigenvalue weighted by Gasteiger charge is 2.30. The molecular formula is C17H13F3N4O. The summed E-state index contributed by atoms with van der Waals surface area (Å²) in [5.41, 5.74) is 1.29.